The number of nitrogens with one attached hydrogen (secondary N) is 1. The average molecular weight is 472 g/mol. The van der Waals surface area contributed by atoms with Crippen LogP contribution in [0.25, 0.3) is 0 Å². The van der Waals surface area contributed by atoms with Gasteiger partial charge in [-0.1, -0.05) is 79.4 Å². The third-order valence-corrected chi connectivity index (χ3v) is 5.25. The van der Waals surface area contributed by atoms with Gasteiger partial charge in [-0.2, -0.15) is 0 Å². The Morgan fingerprint density at radius 1 is 0.857 bits per heavy atom. The second-order valence-electron chi connectivity index (χ2n) is 9.60. The number of carbonyl (C=O) groups excluding carboxylic acids is 2. The van der Waals surface area contributed by atoms with Crippen molar-refractivity contribution in [2.75, 3.05) is 0 Å². The van der Waals surface area contributed by atoms with Gasteiger partial charge in [-0.3, -0.25) is 10.1 Å². The number of ether oxygens (including phenoxy) is 2. The number of hydrogen-bond donors (Lipinski definition) is 1. The Kier molecular flexibility index (Phi) is 8.61. The third-order valence-electron chi connectivity index (χ3n) is 5.25. The molecular formula is C30H33NO4. The van der Waals surface area contributed by atoms with Gasteiger partial charge in [-0.15, -0.1) is 0 Å². The molecule has 0 radical (unpaired) electrons. The van der Waals surface area contributed by atoms with Crippen LogP contribution < -0.4 is 10.1 Å². The zero-order chi connectivity index (χ0) is 25.4. The first-order chi connectivity index (χ1) is 16.6. The fraction of sp³-hybridized carbons (Fsp3) is 0.267. The van der Waals surface area contributed by atoms with Crippen LogP contribution in [0.4, 0.5) is 0 Å². The summed E-state index contributed by atoms with van der Waals surface area (Å²) in [7, 11) is 0. The molecule has 0 aromatic heterocycles. The van der Waals surface area contributed by atoms with Crippen molar-refractivity contribution in [3.8, 4) is 5.75 Å². The Morgan fingerprint density at radius 3 is 1.83 bits per heavy atom. The van der Waals surface area contributed by atoms with Gasteiger partial charge in [0.2, 0.25) is 0 Å². The lowest BCUT2D eigenvalue weighted by Crippen LogP contribution is -2.49. The lowest BCUT2D eigenvalue weighted by Gasteiger charge is -2.29. The maximum Gasteiger partial charge on any atom is 0.338 e. The molecule has 0 saturated heterocycles. The van der Waals surface area contributed by atoms with E-state index in [4.69, 9.17) is 9.47 Å². The zero-order valence-electron chi connectivity index (χ0n) is 20.8. The molecule has 182 valence electrons. The Balaban J connectivity index is 1.81. The van der Waals surface area contributed by atoms with Crippen LogP contribution in [0.2, 0.25) is 0 Å². The summed E-state index contributed by atoms with van der Waals surface area (Å²) in [5.41, 5.74) is 2.75. The third kappa shape index (κ3) is 7.94. The molecule has 3 aromatic rings. The van der Waals surface area contributed by atoms with Gasteiger partial charge < -0.3 is 9.47 Å². The smallest absolute Gasteiger partial charge is 0.338 e. The van der Waals surface area contributed by atoms with Gasteiger partial charge in [-0.25, -0.2) is 4.79 Å². The summed E-state index contributed by atoms with van der Waals surface area (Å²) in [6.07, 6.45) is -0.0979. The van der Waals surface area contributed by atoms with Gasteiger partial charge in [0, 0.05) is 11.1 Å². The van der Waals surface area contributed by atoms with Crippen LogP contribution in [-0.2, 0) is 20.7 Å². The Labute approximate surface area is 207 Å². The Hall–Kier alpha value is -3.70. The van der Waals surface area contributed by atoms with Gasteiger partial charge >= 0.3 is 11.9 Å². The molecule has 0 amide bonds. The summed E-state index contributed by atoms with van der Waals surface area (Å²) in [6.45, 7) is 11.2. The van der Waals surface area contributed by atoms with Crippen LogP contribution in [0.15, 0.2) is 97.1 Å². The van der Waals surface area contributed by atoms with E-state index in [1.54, 1.807) is 19.1 Å². The molecule has 35 heavy (non-hydrogen) atoms. The first-order valence-corrected chi connectivity index (χ1v) is 11.7. The number of rotatable bonds is 9. The summed E-state index contributed by atoms with van der Waals surface area (Å²) in [6, 6.07) is 26.0. The SMILES string of the molecule is C=C(C)C(=O)Oc1ccc(C[C@H](NC(C)(C)C)C(=O)OC(c2ccccc2)c2ccccc2)cc1. The highest BCUT2D eigenvalue weighted by Crippen LogP contribution is 2.27. The topological polar surface area (TPSA) is 64.6 Å². The van der Waals surface area contributed by atoms with E-state index in [0.717, 1.165) is 16.7 Å². The van der Waals surface area contributed by atoms with E-state index in [-0.39, 0.29) is 11.5 Å². The Morgan fingerprint density at radius 2 is 1.37 bits per heavy atom. The fourth-order valence-electron chi connectivity index (χ4n) is 3.62. The molecule has 3 aromatic carbocycles. The number of carbonyl (C=O) groups is 2. The first kappa shape index (κ1) is 25.9. The maximum atomic E-state index is 13.5. The number of esters is 2. The van der Waals surface area contributed by atoms with Crippen LogP contribution in [0.1, 0.15) is 50.5 Å². The highest BCUT2D eigenvalue weighted by atomic mass is 16.5. The van der Waals surface area contributed by atoms with E-state index < -0.39 is 18.1 Å². The van der Waals surface area contributed by atoms with Crippen LogP contribution in [0.3, 0.4) is 0 Å². The summed E-state index contributed by atoms with van der Waals surface area (Å²) in [5, 5.41) is 3.40. The molecule has 0 unspecified atom stereocenters. The summed E-state index contributed by atoms with van der Waals surface area (Å²) in [4.78, 5) is 25.3. The van der Waals surface area contributed by atoms with Gasteiger partial charge in [0.1, 0.15) is 11.8 Å². The minimum atomic E-state index is -0.575. The minimum Gasteiger partial charge on any atom is -0.451 e. The highest BCUT2D eigenvalue weighted by molar-refractivity contribution is 5.88. The van der Waals surface area contributed by atoms with Crippen molar-refractivity contribution < 1.29 is 19.1 Å². The second-order valence-corrected chi connectivity index (χ2v) is 9.60. The lowest BCUT2D eigenvalue weighted by molar-refractivity contribution is -0.150. The van der Waals surface area contributed by atoms with Crippen molar-refractivity contribution in [1.29, 1.82) is 0 Å². The predicted octanol–water partition coefficient (Wildman–Crippen LogP) is 5.80. The van der Waals surface area contributed by atoms with Gasteiger partial charge in [0.05, 0.1) is 0 Å². The van der Waals surface area contributed by atoms with Crippen molar-refractivity contribution >= 4 is 11.9 Å². The fourth-order valence-corrected chi connectivity index (χ4v) is 3.62. The van der Waals surface area contributed by atoms with Crippen molar-refractivity contribution in [2.45, 2.75) is 51.8 Å². The van der Waals surface area contributed by atoms with Crippen molar-refractivity contribution in [3.63, 3.8) is 0 Å². The normalized spacial score (nSPS) is 12.1. The van der Waals surface area contributed by atoms with E-state index in [1.807, 2.05) is 93.6 Å². The molecule has 1 N–H and O–H groups in total. The van der Waals surface area contributed by atoms with Crippen molar-refractivity contribution in [2.24, 2.45) is 0 Å². The van der Waals surface area contributed by atoms with Gasteiger partial charge in [-0.05, 0) is 62.9 Å². The van der Waals surface area contributed by atoms with Gasteiger partial charge in [0.25, 0.3) is 0 Å². The van der Waals surface area contributed by atoms with Crippen LogP contribution in [0.5, 0.6) is 5.75 Å². The molecule has 5 nitrogen and oxygen atoms in total. The maximum absolute atomic E-state index is 13.5. The molecule has 0 saturated carbocycles. The lowest BCUT2D eigenvalue weighted by atomic mass is 9.99. The quantitative estimate of drug-likeness (QED) is 0.243. The second kappa shape index (κ2) is 11.6. The number of hydrogen-bond acceptors (Lipinski definition) is 5. The molecule has 3 rings (SSSR count). The van der Waals surface area contributed by atoms with E-state index in [0.29, 0.717) is 17.7 Å². The standard InChI is InChI=1S/C30H33NO4/c1-21(2)28(32)34-25-18-16-22(17-19-25)20-26(31-30(3,4)5)29(33)35-27(23-12-8-6-9-13-23)24-14-10-7-11-15-24/h6-19,26-27,31H,1,20H2,2-5H3/t26-/m0/s1. The molecule has 0 aliphatic heterocycles. The number of benzene rings is 3. The summed E-state index contributed by atoms with van der Waals surface area (Å²) in [5.74, 6) is -0.380. The average Bonchev–Trinajstić information content (AvgIpc) is 2.83. The molecule has 0 aliphatic carbocycles. The zero-order valence-corrected chi connectivity index (χ0v) is 20.8. The molecule has 0 heterocycles. The molecule has 5 heteroatoms. The Bertz CT molecular complexity index is 1090. The largest absolute Gasteiger partial charge is 0.451 e. The molecule has 0 aliphatic rings. The van der Waals surface area contributed by atoms with Crippen LogP contribution in [0, 0.1) is 0 Å². The van der Waals surface area contributed by atoms with Crippen LogP contribution >= 0.6 is 0 Å². The molecule has 0 bridgehead atoms. The minimum absolute atomic E-state index is 0.310. The van der Waals surface area contributed by atoms with Gasteiger partial charge in [0.15, 0.2) is 6.10 Å². The molecule has 0 fully saturated rings. The molecule has 1 atom stereocenters. The van der Waals surface area contributed by atoms with E-state index in [9.17, 15) is 9.59 Å². The van der Waals surface area contributed by atoms with Crippen molar-refractivity contribution in [1.82, 2.24) is 5.32 Å². The molecule has 0 spiro atoms. The van der Waals surface area contributed by atoms with Crippen molar-refractivity contribution in [3.05, 3.63) is 114 Å². The summed E-state index contributed by atoms with van der Waals surface area (Å²) < 4.78 is 11.4. The van der Waals surface area contributed by atoms with E-state index >= 15 is 0 Å². The van der Waals surface area contributed by atoms with E-state index in [2.05, 4.69) is 11.9 Å². The highest BCUT2D eigenvalue weighted by Gasteiger charge is 2.29. The predicted molar refractivity (Wildman–Crippen MR) is 138 cm³/mol. The van der Waals surface area contributed by atoms with Crippen LogP contribution in [-0.4, -0.2) is 23.5 Å². The molecular weight excluding hydrogens is 438 g/mol. The van der Waals surface area contributed by atoms with E-state index in [1.165, 1.54) is 0 Å². The summed E-state index contributed by atoms with van der Waals surface area (Å²) >= 11 is 0. The monoisotopic (exact) mass is 471 g/mol. The first-order valence-electron chi connectivity index (χ1n) is 11.7.